The van der Waals surface area contributed by atoms with Crippen LogP contribution in [0.4, 0.5) is 4.39 Å². The lowest BCUT2D eigenvalue weighted by atomic mass is 10.2. The average molecular weight is 276 g/mol. The lowest BCUT2D eigenvalue weighted by Gasteiger charge is -2.06. The molecule has 0 aliphatic rings. The van der Waals surface area contributed by atoms with E-state index in [1.54, 1.807) is 12.1 Å². The standard InChI is InChI=1S/C14H13FN2OS/c1-9-3-2-4-11(7-9)19-13-6-5-10(8-12(13)15)14(16)17-18/h2-8,18H,1H3,(H2,16,17). The van der Waals surface area contributed by atoms with Crippen LogP contribution in [0.2, 0.25) is 0 Å². The van der Waals surface area contributed by atoms with Crippen molar-refractivity contribution < 1.29 is 9.60 Å². The van der Waals surface area contributed by atoms with Gasteiger partial charge in [-0.05, 0) is 37.3 Å². The molecule has 0 saturated heterocycles. The maximum atomic E-state index is 13.9. The first-order valence-electron chi connectivity index (χ1n) is 5.62. The average Bonchev–Trinajstić information content (AvgIpc) is 2.40. The second kappa shape index (κ2) is 5.75. The summed E-state index contributed by atoms with van der Waals surface area (Å²) < 4.78 is 13.9. The molecule has 0 spiro atoms. The molecule has 2 rings (SSSR count). The number of halogens is 1. The van der Waals surface area contributed by atoms with Crippen molar-refractivity contribution in [2.45, 2.75) is 16.7 Å². The maximum absolute atomic E-state index is 13.9. The highest BCUT2D eigenvalue weighted by Crippen LogP contribution is 2.30. The maximum Gasteiger partial charge on any atom is 0.170 e. The lowest BCUT2D eigenvalue weighted by molar-refractivity contribution is 0.318. The summed E-state index contributed by atoms with van der Waals surface area (Å²) in [7, 11) is 0. The summed E-state index contributed by atoms with van der Waals surface area (Å²) in [5.74, 6) is -0.499. The van der Waals surface area contributed by atoms with Crippen LogP contribution in [0, 0.1) is 12.7 Å². The van der Waals surface area contributed by atoms with Crippen LogP contribution in [-0.2, 0) is 0 Å². The van der Waals surface area contributed by atoms with Gasteiger partial charge in [0.1, 0.15) is 5.82 Å². The lowest BCUT2D eigenvalue weighted by Crippen LogP contribution is -2.13. The molecule has 0 saturated carbocycles. The highest BCUT2D eigenvalue weighted by molar-refractivity contribution is 7.99. The Labute approximate surface area is 114 Å². The summed E-state index contributed by atoms with van der Waals surface area (Å²) in [6, 6.07) is 12.3. The molecule has 3 N–H and O–H groups in total. The Kier molecular flexibility index (Phi) is 4.06. The van der Waals surface area contributed by atoms with Crippen molar-refractivity contribution in [1.82, 2.24) is 0 Å². The normalized spacial score (nSPS) is 11.6. The van der Waals surface area contributed by atoms with E-state index in [4.69, 9.17) is 10.9 Å². The number of hydrogen-bond donors (Lipinski definition) is 2. The smallest absolute Gasteiger partial charge is 0.170 e. The number of nitrogens with zero attached hydrogens (tertiary/aromatic N) is 1. The molecule has 0 unspecified atom stereocenters. The quantitative estimate of drug-likeness (QED) is 0.391. The van der Waals surface area contributed by atoms with Gasteiger partial charge in [0.2, 0.25) is 0 Å². The Morgan fingerprint density at radius 3 is 2.68 bits per heavy atom. The molecule has 0 aromatic heterocycles. The molecule has 5 heteroatoms. The van der Waals surface area contributed by atoms with Crippen LogP contribution in [0.5, 0.6) is 0 Å². The molecule has 2 aromatic rings. The van der Waals surface area contributed by atoms with Crippen molar-refractivity contribution in [2.75, 3.05) is 0 Å². The van der Waals surface area contributed by atoms with Gasteiger partial charge in [0.25, 0.3) is 0 Å². The van der Waals surface area contributed by atoms with E-state index in [1.807, 2.05) is 31.2 Å². The van der Waals surface area contributed by atoms with Gasteiger partial charge in [-0.1, -0.05) is 34.6 Å². The predicted molar refractivity (Wildman–Crippen MR) is 74.2 cm³/mol. The first-order valence-corrected chi connectivity index (χ1v) is 6.44. The highest BCUT2D eigenvalue weighted by Gasteiger charge is 2.08. The number of hydrogen-bond acceptors (Lipinski definition) is 3. The first-order chi connectivity index (χ1) is 9.10. The van der Waals surface area contributed by atoms with Crippen LogP contribution in [0.3, 0.4) is 0 Å². The molecule has 0 bridgehead atoms. The summed E-state index contributed by atoms with van der Waals surface area (Å²) >= 11 is 1.34. The van der Waals surface area contributed by atoms with E-state index in [0.717, 1.165) is 10.5 Å². The molecule has 0 aliphatic heterocycles. The summed E-state index contributed by atoms with van der Waals surface area (Å²) in [5, 5.41) is 11.4. The fraction of sp³-hybridized carbons (Fsp3) is 0.0714. The number of rotatable bonds is 3. The van der Waals surface area contributed by atoms with Crippen molar-refractivity contribution in [1.29, 1.82) is 0 Å². The molecular formula is C14H13FN2OS. The zero-order valence-corrected chi connectivity index (χ0v) is 11.1. The molecule has 19 heavy (non-hydrogen) atoms. The SMILES string of the molecule is Cc1cccc(Sc2ccc(C(N)=NO)cc2F)c1. The van der Waals surface area contributed by atoms with Gasteiger partial charge in [0.05, 0.1) is 0 Å². The molecule has 0 atom stereocenters. The van der Waals surface area contributed by atoms with Gasteiger partial charge in [0, 0.05) is 15.4 Å². The predicted octanol–water partition coefficient (Wildman–Crippen LogP) is 3.38. The molecule has 0 amide bonds. The third-order valence-electron chi connectivity index (χ3n) is 2.55. The Bertz CT molecular complexity index is 629. The Hall–Kier alpha value is -2.01. The minimum atomic E-state index is -0.393. The molecule has 0 aliphatic carbocycles. The molecule has 3 nitrogen and oxygen atoms in total. The number of nitrogens with two attached hydrogens (primary N) is 1. The highest BCUT2D eigenvalue weighted by atomic mass is 32.2. The molecule has 0 fully saturated rings. The Morgan fingerprint density at radius 1 is 1.26 bits per heavy atom. The van der Waals surface area contributed by atoms with Crippen LogP contribution in [0.25, 0.3) is 0 Å². The van der Waals surface area contributed by atoms with Gasteiger partial charge >= 0.3 is 0 Å². The molecular weight excluding hydrogens is 263 g/mol. The van der Waals surface area contributed by atoms with E-state index in [9.17, 15) is 4.39 Å². The fourth-order valence-corrected chi connectivity index (χ4v) is 2.54. The summed E-state index contributed by atoms with van der Waals surface area (Å²) in [6.07, 6.45) is 0. The van der Waals surface area contributed by atoms with Crippen LogP contribution >= 0.6 is 11.8 Å². The molecule has 0 heterocycles. The molecule has 0 radical (unpaired) electrons. The zero-order chi connectivity index (χ0) is 13.8. The van der Waals surface area contributed by atoms with E-state index >= 15 is 0 Å². The number of aryl methyl sites for hydroxylation is 1. The Morgan fingerprint density at radius 2 is 2.05 bits per heavy atom. The van der Waals surface area contributed by atoms with Crippen LogP contribution < -0.4 is 5.73 Å². The second-order valence-electron chi connectivity index (χ2n) is 4.05. The summed E-state index contributed by atoms with van der Waals surface area (Å²) in [6.45, 7) is 1.99. The number of benzene rings is 2. The van der Waals surface area contributed by atoms with Gasteiger partial charge in [0.15, 0.2) is 5.84 Å². The summed E-state index contributed by atoms with van der Waals surface area (Å²) in [4.78, 5) is 1.47. The van der Waals surface area contributed by atoms with E-state index < -0.39 is 5.82 Å². The van der Waals surface area contributed by atoms with Crippen molar-refractivity contribution in [3.63, 3.8) is 0 Å². The first kappa shape index (κ1) is 13.4. The van der Waals surface area contributed by atoms with Crippen LogP contribution in [0.15, 0.2) is 57.4 Å². The van der Waals surface area contributed by atoms with Gasteiger partial charge in [-0.15, -0.1) is 0 Å². The third kappa shape index (κ3) is 3.26. The fourth-order valence-electron chi connectivity index (χ4n) is 1.61. The van der Waals surface area contributed by atoms with Gasteiger partial charge in [-0.3, -0.25) is 0 Å². The molecule has 98 valence electrons. The van der Waals surface area contributed by atoms with Gasteiger partial charge in [-0.2, -0.15) is 0 Å². The minimum absolute atomic E-state index is 0.106. The monoisotopic (exact) mass is 276 g/mol. The Balaban J connectivity index is 2.27. The zero-order valence-electron chi connectivity index (χ0n) is 10.3. The van der Waals surface area contributed by atoms with E-state index in [-0.39, 0.29) is 5.84 Å². The largest absolute Gasteiger partial charge is 0.409 e. The van der Waals surface area contributed by atoms with Crippen molar-refractivity contribution in [2.24, 2.45) is 10.9 Å². The van der Waals surface area contributed by atoms with Gasteiger partial charge in [-0.25, -0.2) is 4.39 Å². The van der Waals surface area contributed by atoms with Crippen molar-refractivity contribution in [3.8, 4) is 0 Å². The number of oxime groups is 1. The topological polar surface area (TPSA) is 58.6 Å². The van der Waals surface area contributed by atoms with E-state index in [2.05, 4.69) is 5.16 Å². The second-order valence-corrected chi connectivity index (χ2v) is 5.16. The van der Waals surface area contributed by atoms with Crippen molar-refractivity contribution in [3.05, 3.63) is 59.4 Å². The van der Waals surface area contributed by atoms with E-state index in [0.29, 0.717) is 10.5 Å². The van der Waals surface area contributed by atoms with Crippen molar-refractivity contribution >= 4 is 17.6 Å². The third-order valence-corrected chi connectivity index (χ3v) is 3.59. The minimum Gasteiger partial charge on any atom is -0.409 e. The summed E-state index contributed by atoms with van der Waals surface area (Å²) in [5.41, 5.74) is 6.89. The van der Waals surface area contributed by atoms with E-state index in [1.165, 1.54) is 17.8 Å². The molecule has 2 aromatic carbocycles. The van der Waals surface area contributed by atoms with Crippen LogP contribution in [-0.4, -0.2) is 11.0 Å². The van der Waals surface area contributed by atoms with Gasteiger partial charge < -0.3 is 10.9 Å². The number of amidine groups is 1. The van der Waals surface area contributed by atoms with Crippen LogP contribution in [0.1, 0.15) is 11.1 Å².